The SMILES string of the molecule is COc1ccc(N2C(=S)N[C@@H](c3ccccn3)[C@@H]2c2ccc(-c3cccc(C(=O)O)c3)o2)cc1NS(C)(=O)=O. The molecular formula is C27H24N4O6S2. The number of sulfonamides is 1. The Hall–Kier alpha value is -4.42. The number of carboxylic acid groups (broad SMARTS) is 1. The number of rotatable bonds is 8. The Kier molecular flexibility index (Phi) is 6.98. The Labute approximate surface area is 230 Å². The third-order valence-corrected chi connectivity index (χ3v) is 7.07. The zero-order chi connectivity index (χ0) is 27.7. The summed E-state index contributed by atoms with van der Waals surface area (Å²) in [5.74, 6) is 0.342. The maximum absolute atomic E-state index is 12.0. The number of anilines is 2. The molecule has 5 rings (SSSR count). The molecule has 0 bridgehead atoms. The van der Waals surface area contributed by atoms with E-state index < -0.39 is 28.1 Å². The van der Waals surface area contributed by atoms with E-state index in [0.717, 1.165) is 11.9 Å². The predicted molar refractivity (Wildman–Crippen MR) is 150 cm³/mol. The lowest BCUT2D eigenvalue weighted by Crippen LogP contribution is -2.29. The quantitative estimate of drug-likeness (QED) is 0.261. The number of aromatic carboxylic acids is 1. The summed E-state index contributed by atoms with van der Waals surface area (Å²) in [4.78, 5) is 17.8. The fraction of sp³-hybridized carbons (Fsp3) is 0.148. The summed E-state index contributed by atoms with van der Waals surface area (Å²) < 4.78 is 38.2. The second-order valence-electron chi connectivity index (χ2n) is 8.84. The maximum atomic E-state index is 12.0. The van der Waals surface area contributed by atoms with Crippen molar-refractivity contribution in [3.05, 3.63) is 96.0 Å². The van der Waals surface area contributed by atoms with Gasteiger partial charge in [0.15, 0.2) is 5.11 Å². The molecule has 4 aromatic rings. The second-order valence-corrected chi connectivity index (χ2v) is 11.0. The summed E-state index contributed by atoms with van der Waals surface area (Å²) >= 11 is 5.75. The number of thiocarbonyl (C=S) groups is 1. The highest BCUT2D eigenvalue weighted by atomic mass is 32.2. The highest BCUT2D eigenvalue weighted by Crippen LogP contribution is 2.44. The molecule has 0 aliphatic carbocycles. The van der Waals surface area contributed by atoms with Gasteiger partial charge < -0.3 is 24.5 Å². The summed E-state index contributed by atoms with van der Waals surface area (Å²) in [6, 6.07) is 19.8. The van der Waals surface area contributed by atoms with Crippen molar-refractivity contribution < 1.29 is 27.5 Å². The summed E-state index contributed by atoms with van der Waals surface area (Å²) in [6.07, 6.45) is 2.75. The minimum absolute atomic E-state index is 0.145. The highest BCUT2D eigenvalue weighted by molar-refractivity contribution is 7.92. The number of nitrogens with zero attached hydrogens (tertiary/aromatic N) is 2. The highest BCUT2D eigenvalue weighted by Gasteiger charge is 2.43. The fourth-order valence-electron chi connectivity index (χ4n) is 4.52. The molecule has 3 N–H and O–H groups in total. The van der Waals surface area contributed by atoms with E-state index >= 15 is 0 Å². The molecule has 2 aromatic heterocycles. The van der Waals surface area contributed by atoms with Gasteiger partial charge in [0.05, 0.1) is 36.4 Å². The molecule has 1 aliphatic heterocycles. The van der Waals surface area contributed by atoms with Gasteiger partial charge in [0.2, 0.25) is 10.0 Å². The van der Waals surface area contributed by atoms with Crippen molar-refractivity contribution >= 4 is 44.7 Å². The van der Waals surface area contributed by atoms with Gasteiger partial charge in [-0.1, -0.05) is 18.2 Å². The third kappa shape index (κ3) is 5.42. The van der Waals surface area contributed by atoms with Crippen molar-refractivity contribution in [2.75, 3.05) is 23.0 Å². The number of pyridine rings is 1. The van der Waals surface area contributed by atoms with Crippen LogP contribution in [-0.4, -0.2) is 43.0 Å². The minimum atomic E-state index is -3.59. The number of ether oxygens (including phenoxy) is 1. The molecule has 12 heteroatoms. The molecule has 0 amide bonds. The van der Waals surface area contributed by atoms with E-state index in [2.05, 4.69) is 15.0 Å². The van der Waals surface area contributed by atoms with Crippen LogP contribution in [0, 0.1) is 0 Å². The Morgan fingerprint density at radius 1 is 1.13 bits per heavy atom. The van der Waals surface area contributed by atoms with Crippen LogP contribution in [0.4, 0.5) is 11.4 Å². The number of benzene rings is 2. The molecule has 10 nitrogen and oxygen atoms in total. The van der Waals surface area contributed by atoms with Crippen LogP contribution >= 0.6 is 12.2 Å². The van der Waals surface area contributed by atoms with Crippen LogP contribution in [0.25, 0.3) is 11.3 Å². The van der Waals surface area contributed by atoms with E-state index in [1.807, 2.05) is 29.2 Å². The number of furan rings is 1. The molecule has 2 aromatic carbocycles. The van der Waals surface area contributed by atoms with E-state index in [0.29, 0.717) is 33.6 Å². The van der Waals surface area contributed by atoms with Crippen molar-refractivity contribution in [1.29, 1.82) is 0 Å². The van der Waals surface area contributed by atoms with Crippen LogP contribution in [0.2, 0.25) is 0 Å². The number of aromatic nitrogens is 1. The first-order chi connectivity index (χ1) is 18.6. The lowest BCUT2D eigenvalue weighted by molar-refractivity contribution is 0.0697. The monoisotopic (exact) mass is 564 g/mol. The lowest BCUT2D eigenvalue weighted by atomic mass is 10.0. The van der Waals surface area contributed by atoms with Gasteiger partial charge in [-0.15, -0.1) is 0 Å². The number of nitrogens with one attached hydrogen (secondary N) is 2. The average Bonchev–Trinajstić information content (AvgIpc) is 3.53. The van der Waals surface area contributed by atoms with E-state index in [-0.39, 0.29) is 11.3 Å². The van der Waals surface area contributed by atoms with E-state index in [1.165, 1.54) is 13.2 Å². The molecule has 1 aliphatic rings. The zero-order valence-electron chi connectivity index (χ0n) is 20.9. The van der Waals surface area contributed by atoms with Gasteiger partial charge in [-0.3, -0.25) is 9.71 Å². The number of carbonyl (C=O) groups is 1. The summed E-state index contributed by atoms with van der Waals surface area (Å²) in [6.45, 7) is 0. The molecule has 0 unspecified atom stereocenters. The van der Waals surface area contributed by atoms with Gasteiger partial charge in [-0.25, -0.2) is 13.2 Å². The van der Waals surface area contributed by atoms with Crippen molar-refractivity contribution in [2.24, 2.45) is 0 Å². The van der Waals surface area contributed by atoms with Gasteiger partial charge >= 0.3 is 5.97 Å². The van der Waals surface area contributed by atoms with E-state index in [4.69, 9.17) is 21.4 Å². The Morgan fingerprint density at radius 3 is 2.64 bits per heavy atom. The largest absolute Gasteiger partial charge is 0.495 e. The lowest BCUT2D eigenvalue weighted by Gasteiger charge is -2.27. The topological polar surface area (TPSA) is 134 Å². The van der Waals surface area contributed by atoms with Crippen LogP contribution in [0.1, 0.15) is 33.9 Å². The number of carboxylic acids is 1. The minimum Gasteiger partial charge on any atom is -0.495 e. The van der Waals surface area contributed by atoms with Crippen molar-refractivity contribution in [1.82, 2.24) is 10.3 Å². The molecule has 200 valence electrons. The van der Waals surface area contributed by atoms with Crippen LogP contribution in [0.15, 0.2) is 83.4 Å². The molecule has 0 spiro atoms. The molecular weight excluding hydrogens is 540 g/mol. The third-order valence-electron chi connectivity index (χ3n) is 6.17. The smallest absolute Gasteiger partial charge is 0.335 e. The number of methoxy groups -OCH3 is 1. The molecule has 0 radical (unpaired) electrons. The normalized spacial score (nSPS) is 17.1. The fourth-order valence-corrected chi connectivity index (χ4v) is 5.42. The van der Waals surface area contributed by atoms with E-state index in [1.54, 1.807) is 48.7 Å². The molecule has 1 fully saturated rings. The first-order valence-corrected chi connectivity index (χ1v) is 14.0. The maximum Gasteiger partial charge on any atom is 0.335 e. The average molecular weight is 565 g/mol. The van der Waals surface area contributed by atoms with Crippen molar-refractivity contribution in [3.8, 4) is 17.1 Å². The van der Waals surface area contributed by atoms with Gasteiger partial charge in [-0.05, 0) is 66.8 Å². The first kappa shape index (κ1) is 26.2. The van der Waals surface area contributed by atoms with Crippen LogP contribution in [0.5, 0.6) is 5.75 Å². The summed E-state index contributed by atoms with van der Waals surface area (Å²) in [5, 5.41) is 13.1. The van der Waals surface area contributed by atoms with Gasteiger partial charge in [0.1, 0.15) is 23.3 Å². The second kappa shape index (κ2) is 10.4. The van der Waals surface area contributed by atoms with E-state index in [9.17, 15) is 18.3 Å². The zero-order valence-corrected chi connectivity index (χ0v) is 22.5. The van der Waals surface area contributed by atoms with Crippen molar-refractivity contribution in [3.63, 3.8) is 0 Å². The van der Waals surface area contributed by atoms with Gasteiger partial charge in [0, 0.05) is 17.4 Å². The van der Waals surface area contributed by atoms with Crippen LogP contribution in [-0.2, 0) is 10.0 Å². The van der Waals surface area contributed by atoms with Crippen LogP contribution in [0.3, 0.4) is 0 Å². The number of hydrogen-bond donors (Lipinski definition) is 3. The standard InChI is InChI=1S/C27H24N4O6S2/c1-36-22-10-9-18(15-20(22)30-39(2,34)35)31-25(24(29-27(31)38)19-8-3-4-13-28-19)23-12-11-21(37-23)16-6-5-7-17(14-16)26(32)33/h3-15,24-25,30H,1-2H3,(H,29,38)(H,32,33)/t24-,25-/m0/s1. The summed E-state index contributed by atoms with van der Waals surface area (Å²) in [7, 11) is -2.13. The Bertz CT molecular complexity index is 1660. The molecule has 39 heavy (non-hydrogen) atoms. The first-order valence-electron chi connectivity index (χ1n) is 11.7. The Morgan fingerprint density at radius 2 is 1.95 bits per heavy atom. The predicted octanol–water partition coefficient (Wildman–Crippen LogP) is 4.60. The number of hydrogen-bond acceptors (Lipinski definition) is 7. The Balaban J connectivity index is 1.61. The van der Waals surface area contributed by atoms with Crippen LogP contribution < -0.4 is 19.7 Å². The molecule has 0 saturated carbocycles. The molecule has 3 heterocycles. The van der Waals surface area contributed by atoms with Gasteiger partial charge in [0.25, 0.3) is 0 Å². The molecule has 2 atom stereocenters. The van der Waals surface area contributed by atoms with Gasteiger partial charge in [-0.2, -0.15) is 0 Å². The summed E-state index contributed by atoms with van der Waals surface area (Å²) in [5.41, 5.74) is 2.33. The van der Waals surface area contributed by atoms with Crippen molar-refractivity contribution in [2.45, 2.75) is 12.1 Å². The molecule has 1 saturated heterocycles.